The van der Waals surface area contributed by atoms with Crippen molar-refractivity contribution in [3.63, 3.8) is 0 Å². The first-order valence-corrected chi connectivity index (χ1v) is 5.41. The lowest BCUT2D eigenvalue weighted by Gasteiger charge is -2.41. The number of H-pyrrole nitrogens is 1. The van der Waals surface area contributed by atoms with Crippen molar-refractivity contribution < 1.29 is 9.53 Å². The zero-order valence-electron chi connectivity index (χ0n) is 10.1. The van der Waals surface area contributed by atoms with E-state index in [2.05, 4.69) is 9.97 Å². The van der Waals surface area contributed by atoms with E-state index in [1.807, 2.05) is 13.8 Å². The van der Waals surface area contributed by atoms with Crippen molar-refractivity contribution in [2.75, 3.05) is 13.7 Å². The number of carbonyl (C=O) groups excluding carboxylic acids is 1. The van der Waals surface area contributed by atoms with Crippen LogP contribution >= 0.6 is 0 Å². The van der Waals surface area contributed by atoms with Crippen LogP contribution in [-0.4, -0.2) is 34.6 Å². The minimum atomic E-state index is -0.630. The Hall–Kier alpha value is -1.85. The van der Waals surface area contributed by atoms with Crippen LogP contribution in [0.2, 0.25) is 0 Å². The molecule has 0 bridgehead atoms. The average molecular weight is 237 g/mol. The minimum Gasteiger partial charge on any atom is -0.453 e. The summed E-state index contributed by atoms with van der Waals surface area (Å²) in [5.41, 5.74) is 0.526. The van der Waals surface area contributed by atoms with Crippen LogP contribution in [0.15, 0.2) is 11.1 Å². The fraction of sp³-hybridized carbons (Fsp3) is 0.545. The molecule has 1 aromatic heterocycles. The van der Waals surface area contributed by atoms with Crippen LogP contribution in [0.5, 0.6) is 0 Å². The van der Waals surface area contributed by atoms with E-state index in [0.29, 0.717) is 24.2 Å². The number of nitrogens with zero attached hydrogens (tertiary/aromatic N) is 2. The molecule has 1 aromatic rings. The van der Waals surface area contributed by atoms with Crippen LogP contribution in [0, 0.1) is 0 Å². The van der Waals surface area contributed by atoms with E-state index in [4.69, 9.17) is 4.74 Å². The fourth-order valence-electron chi connectivity index (χ4n) is 2.25. The van der Waals surface area contributed by atoms with Crippen molar-refractivity contribution in [3.8, 4) is 0 Å². The second-order valence-corrected chi connectivity index (χ2v) is 4.49. The summed E-state index contributed by atoms with van der Waals surface area (Å²) >= 11 is 0. The molecule has 0 saturated carbocycles. The summed E-state index contributed by atoms with van der Waals surface area (Å²) in [7, 11) is 1.35. The number of rotatable bonds is 0. The summed E-state index contributed by atoms with van der Waals surface area (Å²) in [4.78, 5) is 31.7. The molecule has 0 saturated heterocycles. The average Bonchev–Trinajstić information content (AvgIpc) is 2.29. The highest BCUT2D eigenvalue weighted by Gasteiger charge is 2.40. The van der Waals surface area contributed by atoms with Gasteiger partial charge in [0.15, 0.2) is 0 Å². The van der Waals surface area contributed by atoms with E-state index in [9.17, 15) is 9.59 Å². The van der Waals surface area contributed by atoms with Crippen molar-refractivity contribution in [3.05, 3.63) is 27.9 Å². The molecule has 6 heteroatoms. The first-order chi connectivity index (χ1) is 7.98. The molecule has 1 aliphatic rings. The van der Waals surface area contributed by atoms with Gasteiger partial charge in [-0.25, -0.2) is 9.78 Å². The Morgan fingerprint density at radius 3 is 2.94 bits per heavy atom. The van der Waals surface area contributed by atoms with E-state index >= 15 is 0 Å². The molecule has 17 heavy (non-hydrogen) atoms. The predicted molar refractivity (Wildman–Crippen MR) is 60.7 cm³/mol. The van der Waals surface area contributed by atoms with Crippen molar-refractivity contribution in [2.45, 2.75) is 25.8 Å². The highest BCUT2D eigenvalue weighted by atomic mass is 16.5. The molecule has 6 nitrogen and oxygen atoms in total. The maximum Gasteiger partial charge on any atom is 0.410 e. The third kappa shape index (κ3) is 1.69. The van der Waals surface area contributed by atoms with E-state index in [1.165, 1.54) is 13.4 Å². The molecule has 1 amide bonds. The Morgan fingerprint density at radius 1 is 1.59 bits per heavy atom. The quantitative estimate of drug-likeness (QED) is 0.718. The molecular weight excluding hydrogens is 222 g/mol. The van der Waals surface area contributed by atoms with Crippen LogP contribution < -0.4 is 5.56 Å². The molecule has 0 spiro atoms. The second kappa shape index (κ2) is 3.87. The third-order valence-corrected chi connectivity index (χ3v) is 3.18. The summed E-state index contributed by atoms with van der Waals surface area (Å²) in [6.07, 6.45) is 1.46. The first kappa shape index (κ1) is 11.6. The van der Waals surface area contributed by atoms with Crippen molar-refractivity contribution in [1.82, 2.24) is 14.9 Å². The highest BCUT2D eigenvalue weighted by Crippen LogP contribution is 2.32. The summed E-state index contributed by atoms with van der Waals surface area (Å²) < 4.78 is 4.74. The van der Waals surface area contributed by atoms with Gasteiger partial charge in [0.25, 0.3) is 5.56 Å². The number of aromatic amines is 1. The van der Waals surface area contributed by atoms with Gasteiger partial charge in [-0.05, 0) is 20.3 Å². The smallest absolute Gasteiger partial charge is 0.410 e. The van der Waals surface area contributed by atoms with Gasteiger partial charge >= 0.3 is 6.09 Å². The Labute approximate surface area is 98.6 Å². The zero-order valence-corrected chi connectivity index (χ0v) is 10.1. The summed E-state index contributed by atoms with van der Waals surface area (Å²) in [5.74, 6) is 0. The number of amides is 1. The van der Waals surface area contributed by atoms with Gasteiger partial charge in [-0.2, -0.15) is 0 Å². The van der Waals surface area contributed by atoms with Gasteiger partial charge in [-0.1, -0.05) is 0 Å². The number of hydrogen-bond donors (Lipinski definition) is 1. The SMILES string of the molecule is COC(=O)N1CCc2c(nc[nH]c2=O)C1(C)C. The largest absolute Gasteiger partial charge is 0.453 e. The molecule has 92 valence electrons. The topological polar surface area (TPSA) is 75.3 Å². The molecule has 0 atom stereocenters. The van der Waals surface area contributed by atoms with Crippen LogP contribution in [0.3, 0.4) is 0 Å². The lowest BCUT2D eigenvalue weighted by molar-refractivity contribution is 0.0677. The number of hydrogen-bond acceptors (Lipinski definition) is 4. The number of ether oxygens (including phenoxy) is 1. The molecule has 2 heterocycles. The molecule has 0 aromatic carbocycles. The van der Waals surface area contributed by atoms with Crippen LogP contribution in [0.4, 0.5) is 4.79 Å². The molecule has 1 N–H and O–H groups in total. The molecule has 2 rings (SSSR count). The van der Waals surface area contributed by atoms with Gasteiger partial charge in [-0.15, -0.1) is 0 Å². The van der Waals surface area contributed by atoms with Crippen LogP contribution in [0.25, 0.3) is 0 Å². The van der Waals surface area contributed by atoms with E-state index in [0.717, 1.165) is 0 Å². The van der Waals surface area contributed by atoms with Crippen molar-refractivity contribution >= 4 is 6.09 Å². The number of methoxy groups -OCH3 is 1. The molecule has 0 fully saturated rings. The summed E-state index contributed by atoms with van der Waals surface area (Å²) in [5, 5.41) is 0. The van der Waals surface area contributed by atoms with Gasteiger partial charge in [0, 0.05) is 12.1 Å². The Kier molecular flexibility index (Phi) is 2.65. The number of nitrogens with one attached hydrogen (secondary N) is 1. The summed E-state index contributed by atoms with van der Waals surface area (Å²) in [6, 6.07) is 0. The van der Waals surface area contributed by atoms with Crippen molar-refractivity contribution in [1.29, 1.82) is 0 Å². The third-order valence-electron chi connectivity index (χ3n) is 3.18. The molecule has 0 aliphatic carbocycles. The molecular formula is C11H15N3O3. The number of carbonyl (C=O) groups is 1. The Morgan fingerprint density at radius 2 is 2.29 bits per heavy atom. The number of fused-ring (bicyclic) bond motifs is 1. The fourth-order valence-corrected chi connectivity index (χ4v) is 2.25. The standard InChI is InChI=1S/C11H15N3O3/c1-11(2)8-7(9(15)13-6-12-8)4-5-14(11)10(16)17-3/h6H,4-5H2,1-3H3,(H,12,13,15). The Balaban J connectivity index is 2.52. The second-order valence-electron chi connectivity index (χ2n) is 4.49. The van der Waals surface area contributed by atoms with E-state index in [1.54, 1.807) is 4.90 Å². The minimum absolute atomic E-state index is 0.132. The molecule has 0 radical (unpaired) electrons. The molecule has 1 aliphatic heterocycles. The zero-order chi connectivity index (χ0) is 12.6. The predicted octanol–water partition coefficient (Wildman–Crippen LogP) is 0.630. The maximum atomic E-state index is 11.7. The maximum absolute atomic E-state index is 11.7. The monoisotopic (exact) mass is 237 g/mol. The molecule has 0 unspecified atom stereocenters. The van der Waals surface area contributed by atoms with Gasteiger partial charge < -0.3 is 9.72 Å². The summed E-state index contributed by atoms with van der Waals surface area (Å²) in [6.45, 7) is 4.17. The number of aromatic nitrogens is 2. The van der Waals surface area contributed by atoms with Gasteiger partial charge in [0.05, 0.1) is 24.7 Å². The van der Waals surface area contributed by atoms with E-state index in [-0.39, 0.29) is 5.56 Å². The first-order valence-electron chi connectivity index (χ1n) is 5.41. The van der Waals surface area contributed by atoms with Crippen LogP contribution in [-0.2, 0) is 16.7 Å². The van der Waals surface area contributed by atoms with Gasteiger partial charge in [0.1, 0.15) is 0 Å². The Bertz CT molecular complexity index is 507. The lowest BCUT2D eigenvalue weighted by atomic mass is 9.89. The van der Waals surface area contributed by atoms with Crippen molar-refractivity contribution in [2.24, 2.45) is 0 Å². The normalized spacial score (nSPS) is 17.5. The van der Waals surface area contributed by atoms with Crippen LogP contribution in [0.1, 0.15) is 25.1 Å². The van der Waals surface area contributed by atoms with Gasteiger partial charge in [0.2, 0.25) is 0 Å². The highest BCUT2D eigenvalue weighted by molar-refractivity contribution is 5.69. The lowest BCUT2D eigenvalue weighted by Crippen LogP contribution is -2.51. The van der Waals surface area contributed by atoms with Gasteiger partial charge in [-0.3, -0.25) is 9.69 Å². The van der Waals surface area contributed by atoms with E-state index < -0.39 is 11.6 Å².